The fourth-order valence-electron chi connectivity index (χ4n) is 4.11. The van der Waals surface area contributed by atoms with E-state index in [9.17, 15) is 4.79 Å². The number of rotatable bonds is 8. The van der Waals surface area contributed by atoms with Crippen LogP contribution in [-0.2, 0) is 14.9 Å². The fourth-order valence-corrected chi connectivity index (χ4v) is 4.30. The number of halogens is 1. The Morgan fingerprint density at radius 2 is 2.14 bits per heavy atom. The molecule has 2 aliphatic rings. The standard InChI is InChI=1S/C22H33ClN4O2/c1-2-24-21(25-11-5-13-27-12-4-8-20(27)28)26-17-22(9-14-29-15-10-22)18-6-3-7-19(23)16-18/h3,6-7,16H,2,4-5,8-15,17H2,1H3,(H2,24,25,26). The van der Waals surface area contributed by atoms with Crippen molar-refractivity contribution < 1.29 is 9.53 Å². The number of aliphatic imine (C=N–C) groups is 1. The van der Waals surface area contributed by atoms with Crippen molar-refractivity contribution in [1.82, 2.24) is 15.5 Å². The molecule has 0 aliphatic carbocycles. The van der Waals surface area contributed by atoms with Gasteiger partial charge in [0.1, 0.15) is 0 Å². The Labute approximate surface area is 179 Å². The molecule has 160 valence electrons. The first-order valence-corrected chi connectivity index (χ1v) is 11.1. The molecule has 2 N–H and O–H groups in total. The van der Waals surface area contributed by atoms with Gasteiger partial charge in [-0.05, 0) is 50.3 Å². The molecule has 2 saturated heterocycles. The average molecular weight is 421 g/mol. The van der Waals surface area contributed by atoms with Crippen molar-refractivity contribution in [1.29, 1.82) is 0 Å². The zero-order valence-electron chi connectivity index (χ0n) is 17.4. The summed E-state index contributed by atoms with van der Waals surface area (Å²) >= 11 is 6.27. The molecule has 1 aromatic carbocycles. The molecule has 2 fully saturated rings. The molecular weight excluding hydrogens is 388 g/mol. The number of amides is 1. The highest BCUT2D eigenvalue weighted by atomic mass is 35.5. The van der Waals surface area contributed by atoms with Gasteiger partial charge in [0.25, 0.3) is 0 Å². The van der Waals surface area contributed by atoms with Gasteiger partial charge in [-0.25, -0.2) is 0 Å². The SMILES string of the molecule is CCNC(=NCC1(c2cccc(Cl)c2)CCOCC1)NCCCN1CCCC1=O. The summed E-state index contributed by atoms with van der Waals surface area (Å²) in [5, 5.41) is 7.53. The largest absolute Gasteiger partial charge is 0.381 e. The number of guanidine groups is 1. The van der Waals surface area contributed by atoms with Gasteiger partial charge in [-0.2, -0.15) is 0 Å². The number of benzene rings is 1. The normalized spacial score (nSPS) is 19.4. The van der Waals surface area contributed by atoms with Gasteiger partial charge < -0.3 is 20.3 Å². The molecule has 2 aliphatic heterocycles. The predicted octanol–water partition coefficient (Wildman–Crippen LogP) is 2.96. The summed E-state index contributed by atoms with van der Waals surface area (Å²) in [4.78, 5) is 18.6. The Morgan fingerprint density at radius 3 is 2.83 bits per heavy atom. The number of hydrogen-bond acceptors (Lipinski definition) is 3. The minimum absolute atomic E-state index is 0.0481. The van der Waals surface area contributed by atoms with E-state index in [1.54, 1.807) is 0 Å². The van der Waals surface area contributed by atoms with E-state index in [1.807, 2.05) is 17.0 Å². The molecule has 7 heteroatoms. The zero-order valence-corrected chi connectivity index (χ0v) is 18.1. The Balaban J connectivity index is 1.60. The number of carbonyl (C=O) groups excluding carboxylic acids is 1. The van der Waals surface area contributed by atoms with E-state index >= 15 is 0 Å². The third kappa shape index (κ3) is 6.09. The molecule has 6 nitrogen and oxygen atoms in total. The van der Waals surface area contributed by atoms with Gasteiger partial charge in [-0.15, -0.1) is 0 Å². The van der Waals surface area contributed by atoms with Gasteiger partial charge >= 0.3 is 0 Å². The van der Waals surface area contributed by atoms with Gasteiger partial charge in [0.15, 0.2) is 5.96 Å². The molecule has 29 heavy (non-hydrogen) atoms. The van der Waals surface area contributed by atoms with E-state index in [-0.39, 0.29) is 11.3 Å². The van der Waals surface area contributed by atoms with Crippen LogP contribution >= 0.6 is 11.6 Å². The van der Waals surface area contributed by atoms with Crippen molar-refractivity contribution >= 4 is 23.5 Å². The van der Waals surface area contributed by atoms with E-state index in [2.05, 4.69) is 29.7 Å². The van der Waals surface area contributed by atoms with E-state index in [1.165, 1.54) is 5.56 Å². The first-order valence-electron chi connectivity index (χ1n) is 10.8. The molecular formula is C22H33ClN4O2. The van der Waals surface area contributed by atoms with Crippen LogP contribution in [-0.4, -0.2) is 62.7 Å². The Kier molecular flexibility index (Phi) is 8.19. The Hall–Kier alpha value is -1.79. The molecule has 0 atom stereocenters. The molecule has 1 amide bonds. The van der Waals surface area contributed by atoms with E-state index in [0.29, 0.717) is 13.0 Å². The van der Waals surface area contributed by atoms with E-state index in [4.69, 9.17) is 21.3 Å². The van der Waals surface area contributed by atoms with E-state index < -0.39 is 0 Å². The summed E-state index contributed by atoms with van der Waals surface area (Å²) in [6.45, 7) is 7.57. The second kappa shape index (κ2) is 10.8. The highest BCUT2D eigenvalue weighted by Crippen LogP contribution is 2.36. The maximum absolute atomic E-state index is 11.7. The van der Waals surface area contributed by atoms with Crippen molar-refractivity contribution in [2.75, 3.05) is 45.9 Å². The van der Waals surface area contributed by atoms with Crippen LogP contribution in [0.1, 0.15) is 44.6 Å². The zero-order chi connectivity index (χ0) is 20.5. The Morgan fingerprint density at radius 1 is 1.31 bits per heavy atom. The number of ether oxygens (including phenoxy) is 1. The molecule has 0 saturated carbocycles. The maximum atomic E-state index is 11.7. The van der Waals surface area contributed by atoms with Gasteiger partial charge in [0.05, 0.1) is 6.54 Å². The van der Waals surface area contributed by atoms with Crippen LogP contribution in [0.5, 0.6) is 0 Å². The van der Waals surface area contributed by atoms with Crippen molar-refractivity contribution in [2.45, 2.75) is 44.4 Å². The first kappa shape index (κ1) is 21.9. The van der Waals surface area contributed by atoms with Gasteiger partial charge in [-0.1, -0.05) is 23.7 Å². The lowest BCUT2D eigenvalue weighted by Gasteiger charge is -2.36. The van der Waals surface area contributed by atoms with Crippen LogP contribution in [0.4, 0.5) is 0 Å². The van der Waals surface area contributed by atoms with Crippen LogP contribution in [0, 0.1) is 0 Å². The Bertz CT molecular complexity index is 704. The highest BCUT2D eigenvalue weighted by Gasteiger charge is 2.34. The van der Waals surface area contributed by atoms with Gasteiger partial charge in [0.2, 0.25) is 5.91 Å². The van der Waals surface area contributed by atoms with Gasteiger partial charge in [0, 0.05) is 56.3 Å². The molecule has 1 aromatic rings. The topological polar surface area (TPSA) is 66.0 Å². The summed E-state index contributed by atoms with van der Waals surface area (Å²) in [5.41, 5.74) is 1.19. The van der Waals surface area contributed by atoms with Crippen LogP contribution in [0.25, 0.3) is 0 Å². The van der Waals surface area contributed by atoms with Gasteiger partial charge in [-0.3, -0.25) is 9.79 Å². The van der Waals surface area contributed by atoms with Crippen LogP contribution < -0.4 is 10.6 Å². The number of nitrogens with zero attached hydrogens (tertiary/aromatic N) is 2. The molecule has 0 unspecified atom stereocenters. The van der Waals surface area contributed by atoms with Crippen LogP contribution in [0.3, 0.4) is 0 Å². The van der Waals surface area contributed by atoms with E-state index in [0.717, 1.165) is 76.1 Å². The number of carbonyl (C=O) groups is 1. The minimum Gasteiger partial charge on any atom is -0.381 e. The lowest BCUT2D eigenvalue weighted by Crippen LogP contribution is -2.42. The second-order valence-electron chi connectivity index (χ2n) is 7.86. The third-order valence-electron chi connectivity index (χ3n) is 5.84. The summed E-state index contributed by atoms with van der Waals surface area (Å²) in [6, 6.07) is 8.15. The first-order chi connectivity index (χ1) is 14.1. The molecule has 0 aromatic heterocycles. The highest BCUT2D eigenvalue weighted by molar-refractivity contribution is 6.30. The predicted molar refractivity (Wildman–Crippen MR) is 118 cm³/mol. The summed E-state index contributed by atoms with van der Waals surface area (Å²) < 4.78 is 5.62. The van der Waals surface area contributed by atoms with Crippen molar-refractivity contribution in [3.05, 3.63) is 34.9 Å². The molecule has 0 radical (unpaired) electrons. The monoisotopic (exact) mass is 420 g/mol. The minimum atomic E-state index is -0.0481. The smallest absolute Gasteiger partial charge is 0.222 e. The summed E-state index contributed by atoms with van der Waals surface area (Å²) in [5.74, 6) is 1.11. The molecule has 0 spiro atoms. The van der Waals surface area contributed by atoms with Crippen molar-refractivity contribution in [3.8, 4) is 0 Å². The average Bonchev–Trinajstić information content (AvgIpc) is 3.14. The summed E-state index contributed by atoms with van der Waals surface area (Å²) in [6.07, 6.45) is 4.49. The maximum Gasteiger partial charge on any atom is 0.222 e. The van der Waals surface area contributed by atoms with Crippen LogP contribution in [0.15, 0.2) is 29.3 Å². The molecule has 2 heterocycles. The number of nitrogens with one attached hydrogen (secondary N) is 2. The summed E-state index contributed by atoms with van der Waals surface area (Å²) in [7, 11) is 0. The molecule has 0 bridgehead atoms. The molecule has 3 rings (SSSR count). The quantitative estimate of drug-likeness (QED) is 0.385. The fraction of sp³-hybridized carbons (Fsp3) is 0.636. The third-order valence-corrected chi connectivity index (χ3v) is 6.07. The second-order valence-corrected chi connectivity index (χ2v) is 8.30. The lowest BCUT2D eigenvalue weighted by atomic mass is 9.74. The number of hydrogen-bond donors (Lipinski definition) is 2. The van der Waals surface area contributed by atoms with Crippen molar-refractivity contribution in [3.63, 3.8) is 0 Å². The lowest BCUT2D eigenvalue weighted by molar-refractivity contribution is -0.127. The van der Waals surface area contributed by atoms with Crippen molar-refractivity contribution in [2.24, 2.45) is 4.99 Å². The number of likely N-dealkylation sites (tertiary alicyclic amines) is 1. The van der Waals surface area contributed by atoms with Crippen LogP contribution in [0.2, 0.25) is 5.02 Å².